The van der Waals surface area contributed by atoms with Crippen molar-refractivity contribution in [2.24, 2.45) is 0 Å². The van der Waals surface area contributed by atoms with Crippen molar-refractivity contribution >= 4 is 27.3 Å². The van der Waals surface area contributed by atoms with Crippen LogP contribution >= 0.6 is 11.3 Å². The van der Waals surface area contributed by atoms with Crippen LogP contribution in [-0.4, -0.2) is 60.9 Å². The minimum Gasteiger partial charge on any atom is -0.335 e. The van der Waals surface area contributed by atoms with Gasteiger partial charge in [-0.05, 0) is 19.4 Å². The lowest BCUT2D eigenvalue weighted by molar-refractivity contribution is 0.0693. The van der Waals surface area contributed by atoms with Gasteiger partial charge in [0.05, 0.1) is 6.26 Å². The van der Waals surface area contributed by atoms with Crippen LogP contribution in [0, 0.1) is 13.8 Å². The highest BCUT2D eigenvalue weighted by Gasteiger charge is 2.27. The zero-order chi connectivity index (χ0) is 18.2. The zero-order valence-corrected chi connectivity index (χ0v) is 16.2. The number of rotatable bonds is 3. The normalized spacial score (nSPS) is 16.2. The van der Waals surface area contributed by atoms with Gasteiger partial charge in [0, 0.05) is 37.1 Å². The third-order valence-electron chi connectivity index (χ3n) is 4.33. The van der Waals surface area contributed by atoms with Gasteiger partial charge in [-0.2, -0.15) is 4.31 Å². The molecule has 1 saturated heterocycles. The van der Waals surface area contributed by atoms with Gasteiger partial charge in [-0.15, -0.1) is 11.3 Å². The number of carbonyl (C=O) groups excluding carboxylic acids is 1. The molecule has 6 nitrogen and oxygen atoms in total. The molecule has 1 fully saturated rings. The van der Waals surface area contributed by atoms with Crippen LogP contribution in [0.25, 0.3) is 10.6 Å². The second-order valence-electron chi connectivity index (χ2n) is 6.31. The van der Waals surface area contributed by atoms with E-state index in [1.54, 1.807) is 10.3 Å². The summed E-state index contributed by atoms with van der Waals surface area (Å²) in [5, 5.41) is 2.61. The number of thiazole rings is 1. The first-order valence-corrected chi connectivity index (χ1v) is 10.8. The lowest BCUT2D eigenvalue weighted by Gasteiger charge is -2.32. The van der Waals surface area contributed by atoms with Gasteiger partial charge in [0.1, 0.15) is 10.7 Å². The molecule has 2 heterocycles. The maximum absolute atomic E-state index is 12.6. The van der Waals surface area contributed by atoms with Crippen molar-refractivity contribution in [2.75, 3.05) is 32.4 Å². The SMILES string of the molecule is Cc1ccc(-c2nc(C(=O)N3CCN(S(C)(=O)=O)CC3)cs2)c(C)c1. The van der Waals surface area contributed by atoms with E-state index >= 15 is 0 Å². The molecule has 0 aliphatic carbocycles. The van der Waals surface area contributed by atoms with Crippen molar-refractivity contribution in [3.05, 3.63) is 40.4 Å². The fraction of sp³-hybridized carbons (Fsp3) is 0.412. The predicted octanol–water partition coefficient (Wildman–Crippen LogP) is 2.14. The van der Waals surface area contributed by atoms with Gasteiger partial charge >= 0.3 is 0 Å². The second-order valence-corrected chi connectivity index (χ2v) is 9.15. The minimum atomic E-state index is -3.20. The number of piperazine rings is 1. The topological polar surface area (TPSA) is 70.6 Å². The van der Waals surface area contributed by atoms with Gasteiger partial charge in [-0.3, -0.25) is 4.79 Å². The Kier molecular flexibility index (Phi) is 4.95. The van der Waals surface area contributed by atoms with Crippen molar-refractivity contribution < 1.29 is 13.2 Å². The number of sulfonamides is 1. The molecule has 0 bridgehead atoms. The van der Waals surface area contributed by atoms with E-state index in [4.69, 9.17) is 0 Å². The van der Waals surface area contributed by atoms with Crippen LogP contribution in [0.2, 0.25) is 0 Å². The summed E-state index contributed by atoms with van der Waals surface area (Å²) in [5.41, 5.74) is 3.79. The van der Waals surface area contributed by atoms with Gasteiger partial charge in [0.2, 0.25) is 10.0 Å². The van der Waals surface area contributed by atoms with E-state index in [2.05, 4.69) is 11.1 Å². The molecule has 0 atom stereocenters. The van der Waals surface area contributed by atoms with Crippen molar-refractivity contribution in [2.45, 2.75) is 13.8 Å². The Balaban J connectivity index is 1.73. The van der Waals surface area contributed by atoms with E-state index in [0.29, 0.717) is 31.9 Å². The van der Waals surface area contributed by atoms with Crippen molar-refractivity contribution in [1.82, 2.24) is 14.2 Å². The van der Waals surface area contributed by atoms with E-state index < -0.39 is 10.0 Å². The first-order valence-electron chi connectivity index (χ1n) is 8.03. The standard InChI is InChI=1S/C17H21N3O3S2/c1-12-4-5-14(13(2)10-12)16-18-15(11-24-16)17(21)19-6-8-20(9-7-19)25(3,22)23/h4-5,10-11H,6-9H2,1-3H3. The second kappa shape index (κ2) is 6.86. The van der Waals surface area contributed by atoms with Crippen LogP contribution in [0.5, 0.6) is 0 Å². The van der Waals surface area contributed by atoms with Crippen LogP contribution in [-0.2, 0) is 10.0 Å². The molecule has 1 aliphatic heterocycles. The fourth-order valence-electron chi connectivity index (χ4n) is 2.93. The van der Waals surface area contributed by atoms with E-state index in [0.717, 1.165) is 16.1 Å². The summed E-state index contributed by atoms with van der Waals surface area (Å²) in [6, 6.07) is 6.17. The number of hydrogen-bond donors (Lipinski definition) is 0. The Morgan fingerprint density at radius 2 is 1.84 bits per heavy atom. The molecule has 1 aromatic carbocycles. The van der Waals surface area contributed by atoms with E-state index in [1.807, 2.05) is 26.0 Å². The van der Waals surface area contributed by atoms with Crippen LogP contribution in [0.15, 0.2) is 23.6 Å². The molecule has 25 heavy (non-hydrogen) atoms. The van der Waals surface area contributed by atoms with Crippen LogP contribution in [0.4, 0.5) is 0 Å². The van der Waals surface area contributed by atoms with Crippen LogP contribution < -0.4 is 0 Å². The first-order chi connectivity index (χ1) is 11.8. The number of carbonyl (C=O) groups is 1. The molecule has 0 spiro atoms. The van der Waals surface area contributed by atoms with E-state index in [9.17, 15) is 13.2 Å². The van der Waals surface area contributed by atoms with Crippen molar-refractivity contribution in [3.8, 4) is 10.6 Å². The summed E-state index contributed by atoms with van der Waals surface area (Å²) in [6.07, 6.45) is 1.20. The average Bonchev–Trinajstić information content (AvgIpc) is 3.03. The highest BCUT2D eigenvalue weighted by Crippen LogP contribution is 2.28. The Morgan fingerprint density at radius 3 is 2.44 bits per heavy atom. The summed E-state index contributed by atoms with van der Waals surface area (Å²) in [5.74, 6) is -0.139. The van der Waals surface area contributed by atoms with Crippen molar-refractivity contribution in [1.29, 1.82) is 0 Å². The quantitative estimate of drug-likeness (QED) is 0.819. The van der Waals surface area contributed by atoms with E-state index in [-0.39, 0.29) is 5.91 Å². The van der Waals surface area contributed by atoms with Gasteiger partial charge in [0.15, 0.2) is 0 Å². The highest BCUT2D eigenvalue weighted by molar-refractivity contribution is 7.88. The van der Waals surface area contributed by atoms with Gasteiger partial charge in [-0.25, -0.2) is 13.4 Å². The molecule has 0 N–H and O–H groups in total. The number of amides is 1. The maximum atomic E-state index is 12.6. The maximum Gasteiger partial charge on any atom is 0.273 e. The van der Waals surface area contributed by atoms with Gasteiger partial charge in [0.25, 0.3) is 5.91 Å². The van der Waals surface area contributed by atoms with Crippen LogP contribution in [0.3, 0.4) is 0 Å². The molecule has 1 aliphatic rings. The number of nitrogens with zero attached hydrogens (tertiary/aromatic N) is 3. The largest absolute Gasteiger partial charge is 0.335 e. The number of aryl methyl sites for hydroxylation is 2. The molecule has 0 saturated carbocycles. The van der Waals surface area contributed by atoms with Gasteiger partial charge < -0.3 is 4.90 Å². The molecule has 134 valence electrons. The summed E-state index contributed by atoms with van der Waals surface area (Å²) < 4.78 is 24.5. The first kappa shape index (κ1) is 18.0. The number of benzene rings is 1. The minimum absolute atomic E-state index is 0.139. The molecule has 2 aromatic rings. The van der Waals surface area contributed by atoms with E-state index in [1.165, 1.54) is 27.5 Å². The Hall–Kier alpha value is -1.77. The lowest BCUT2D eigenvalue weighted by Crippen LogP contribution is -2.50. The average molecular weight is 380 g/mol. The Morgan fingerprint density at radius 1 is 1.16 bits per heavy atom. The molecular formula is C17H21N3O3S2. The Bertz CT molecular complexity index is 898. The summed E-state index contributed by atoms with van der Waals surface area (Å²) in [6.45, 7) is 5.53. The number of aromatic nitrogens is 1. The number of hydrogen-bond acceptors (Lipinski definition) is 5. The molecule has 0 unspecified atom stereocenters. The third-order valence-corrected chi connectivity index (χ3v) is 6.51. The molecule has 1 amide bonds. The molecular weight excluding hydrogens is 358 g/mol. The fourth-order valence-corrected chi connectivity index (χ4v) is 4.64. The Labute approximate surface area is 152 Å². The third kappa shape index (κ3) is 3.91. The summed E-state index contributed by atoms with van der Waals surface area (Å²) >= 11 is 1.45. The molecule has 1 aromatic heterocycles. The zero-order valence-electron chi connectivity index (χ0n) is 14.5. The van der Waals surface area contributed by atoms with Crippen LogP contribution in [0.1, 0.15) is 21.6 Å². The highest BCUT2D eigenvalue weighted by atomic mass is 32.2. The predicted molar refractivity (Wildman–Crippen MR) is 99.3 cm³/mol. The monoisotopic (exact) mass is 379 g/mol. The molecule has 8 heteroatoms. The smallest absolute Gasteiger partial charge is 0.273 e. The summed E-state index contributed by atoms with van der Waals surface area (Å²) in [7, 11) is -3.20. The van der Waals surface area contributed by atoms with Crippen molar-refractivity contribution in [3.63, 3.8) is 0 Å². The molecule has 3 rings (SSSR count). The van der Waals surface area contributed by atoms with Gasteiger partial charge in [-0.1, -0.05) is 23.8 Å². The summed E-state index contributed by atoms with van der Waals surface area (Å²) in [4.78, 5) is 18.8. The molecule has 0 radical (unpaired) electrons. The lowest BCUT2D eigenvalue weighted by atomic mass is 10.1.